The van der Waals surface area contributed by atoms with Gasteiger partial charge in [-0.15, -0.1) is 11.3 Å². The van der Waals surface area contributed by atoms with E-state index in [1.54, 1.807) is 6.07 Å². The molecule has 0 radical (unpaired) electrons. The van der Waals surface area contributed by atoms with E-state index in [-0.39, 0.29) is 12.3 Å². The van der Waals surface area contributed by atoms with E-state index in [4.69, 9.17) is 9.47 Å². The van der Waals surface area contributed by atoms with Gasteiger partial charge in [0.25, 0.3) is 5.69 Å². The number of nitro benzene ring substituents is 1. The normalized spacial score (nSPS) is 17.7. The van der Waals surface area contributed by atoms with Crippen LogP contribution < -0.4 is 0 Å². The molecule has 0 spiro atoms. The van der Waals surface area contributed by atoms with Crippen molar-refractivity contribution in [3.05, 3.63) is 39.3 Å². The molecule has 1 saturated heterocycles. The molecular formula is C13H9NO6S. The lowest BCUT2D eigenvalue weighted by molar-refractivity contribution is -0.384. The standard InChI is InChI=1S/C13H9NO6S/c15-12-9(3-4-19-12)20-13(16)11-6-7-5-8(14(17)18)1-2-10(7)21-11/h1-2,5-6,9H,3-4H2/t9-/m1/s1. The first kappa shape index (κ1) is 13.5. The first-order valence-corrected chi connectivity index (χ1v) is 6.92. The summed E-state index contributed by atoms with van der Waals surface area (Å²) in [4.78, 5) is 33.8. The van der Waals surface area contributed by atoms with E-state index in [1.165, 1.54) is 18.2 Å². The van der Waals surface area contributed by atoms with Crippen LogP contribution in [0.1, 0.15) is 16.1 Å². The van der Waals surface area contributed by atoms with E-state index < -0.39 is 23.0 Å². The van der Waals surface area contributed by atoms with Crippen molar-refractivity contribution in [1.82, 2.24) is 0 Å². The number of cyclic esters (lactones) is 1. The van der Waals surface area contributed by atoms with Gasteiger partial charge in [-0.3, -0.25) is 10.1 Å². The quantitative estimate of drug-likeness (QED) is 0.490. The van der Waals surface area contributed by atoms with Crippen LogP contribution in [0.3, 0.4) is 0 Å². The number of rotatable bonds is 3. The molecule has 1 aromatic carbocycles. The van der Waals surface area contributed by atoms with Crippen molar-refractivity contribution >= 4 is 39.0 Å². The molecule has 0 N–H and O–H groups in total. The van der Waals surface area contributed by atoms with Gasteiger partial charge in [0, 0.05) is 28.6 Å². The smallest absolute Gasteiger partial charge is 0.349 e. The molecule has 3 rings (SSSR count). The fourth-order valence-electron chi connectivity index (χ4n) is 2.02. The SMILES string of the molecule is O=C(O[C@@H]1CCOC1=O)c1cc2cc([N+](=O)[O-])ccc2s1. The van der Waals surface area contributed by atoms with Crippen molar-refractivity contribution in [3.63, 3.8) is 0 Å². The number of hydrogen-bond acceptors (Lipinski definition) is 7. The molecule has 21 heavy (non-hydrogen) atoms. The highest BCUT2D eigenvalue weighted by Crippen LogP contribution is 2.29. The van der Waals surface area contributed by atoms with E-state index in [2.05, 4.69) is 0 Å². The number of benzene rings is 1. The molecule has 1 atom stereocenters. The summed E-state index contributed by atoms with van der Waals surface area (Å²) in [5, 5.41) is 11.3. The summed E-state index contributed by atoms with van der Waals surface area (Å²) in [5.74, 6) is -1.16. The number of esters is 2. The van der Waals surface area contributed by atoms with Gasteiger partial charge in [-0.1, -0.05) is 0 Å². The van der Waals surface area contributed by atoms with Gasteiger partial charge in [0.05, 0.1) is 11.5 Å². The third kappa shape index (κ3) is 2.57. The summed E-state index contributed by atoms with van der Waals surface area (Å²) < 4.78 is 10.5. The molecule has 2 aromatic rings. The zero-order valence-electron chi connectivity index (χ0n) is 10.6. The van der Waals surface area contributed by atoms with Crippen LogP contribution in [0.15, 0.2) is 24.3 Å². The molecule has 0 unspecified atom stereocenters. The van der Waals surface area contributed by atoms with E-state index in [1.807, 2.05) is 0 Å². The predicted molar refractivity (Wildman–Crippen MR) is 73.3 cm³/mol. The molecular weight excluding hydrogens is 298 g/mol. The molecule has 1 aromatic heterocycles. The molecule has 2 heterocycles. The minimum absolute atomic E-state index is 0.0420. The molecule has 108 valence electrons. The second-order valence-corrected chi connectivity index (χ2v) is 5.52. The molecule has 8 heteroatoms. The number of nitrogens with zero attached hydrogens (tertiary/aromatic N) is 1. The van der Waals surface area contributed by atoms with Gasteiger partial charge < -0.3 is 9.47 Å². The fraction of sp³-hybridized carbons (Fsp3) is 0.231. The Morgan fingerprint density at radius 3 is 2.90 bits per heavy atom. The first-order chi connectivity index (χ1) is 10.0. The first-order valence-electron chi connectivity index (χ1n) is 6.10. The fourth-order valence-corrected chi connectivity index (χ4v) is 2.94. The number of ether oxygens (including phenoxy) is 2. The molecule has 1 aliphatic heterocycles. The molecule has 0 amide bonds. The summed E-state index contributed by atoms with van der Waals surface area (Å²) in [6.45, 7) is 0.245. The Hall–Kier alpha value is -2.48. The van der Waals surface area contributed by atoms with Gasteiger partial charge in [-0.25, -0.2) is 9.59 Å². The van der Waals surface area contributed by atoms with Gasteiger partial charge in [0.2, 0.25) is 6.10 Å². The third-order valence-corrected chi connectivity index (χ3v) is 4.14. The van der Waals surface area contributed by atoms with Gasteiger partial charge >= 0.3 is 11.9 Å². The summed E-state index contributed by atoms with van der Waals surface area (Å²) in [6.07, 6.45) is -0.516. The Bertz CT molecular complexity index is 752. The van der Waals surface area contributed by atoms with Crippen molar-refractivity contribution in [3.8, 4) is 0 Å². The highest BCUT2D eigenvalue weighted by molar-refractivity contribution is 7.20. The van der Waals surface area contributed by atoms with Crippen LogP contribution >= 0.6 is 11.3 Å². The second kappa shape index (κ2) is 5.13. The van der Waals surface area contributed by atoms with Crippen molar-refractivity contribution in [2.45, 2.75) is 12.5 Å². The van der Waals surface area contributed by atoms with Crippen LogP contribution in [-0.2, 0) is 14.3 Å². The largest absolute Gasteiger partial charge is 0.463 e. The molecule has 1 fully saturated rings. The topological polar surface area (TPSA) is 95.7 Å². The zero-order valence-corrected chi connectivity index (χ0v) is 11.4. The van der Waals surface area contributed by atoms with E-state index in [9.17, 15) is 19.7 Å². The van der Waals surface area contributed by atoms with Crippen LogP contribution in [0.5, 0.6) is 0 Å². The van der Waals surface area contributed by atoms with Crippen molar-refractivity contribution < 1.29 is 24.0 Å². The Labute approximate surface area is 122 Å². The monoisotopic (exact) mass is 307 g/mol. The summed E-state index contributed by atoms with van der Waals surface area (Å²) in [6, 6.07) is 5.88. The van der Waals surface area contributed by atoms with Crippen LogP contribution in [0.4, 0.5) is 5.69 Å². The van der Waals surface area contributed by atoms with E-state index in [0.29, 0.717) is 16.7 Å². The Morgan fingerprint density at radius 2 is 2.24 bits per heavy atom. The lowest BCUT2D eigenvalue weighted by Crippen LogP contribution is -2.22. The number of hydrogen-bond donors (Lipinski definition) is 0. The maximum Gasteiger partial charge on any atom is 0.349 e. The average molecular weight is 307 g/mol. The average Bonchev–Trinajstić information content (AvgIpc) is 3.04. The van der Waals surface area contributed by atoms with E-state index in [0.717, 1.165) is 16.0 Å². The molecule has 7 nitrogen and oxygen atoms in total. The minimum Gasteiger partial charge on any atom is -0.463 e. The Morgan fingerprint density at radius 1 is 1.43 bits per heavy atom. The summed E-state index contributed by atoms with van der Waals surface area (Å²) in [5.41, 5.74) is -0.0420. The Kier molecular flexibility index (Phi) is 3.30. The molecule has 0 saturated carbocycles. The number of non-ortho nitro benzene ring substituents is 1. The number of carbonyl (C=O) groups is 2. The summed E-state index contributed by atoms with van der Waals surface area (Å²) >= 11 is 1.16. The molecule has 0 bridgehead atoms. The molecule has 0 aliphatic carbocycles. The van der Waals surface area contributed by atoms with Crippen LogP contribution in [0, 0.1) is 10.1 Å². The van der Waals surface area contributed by atoms with Crippen LogP contribution in [-0.4, -0.2) is 29.6 Å². The summed E-state index contributed by atoms with van der Waals surface area (Å²) in [7, 11) is 0. The number of fused-ring (bicyclic) bond motifs is 1. The van der Waals surface area contributed by atoms with Crippen LogP contribution in [0.2, 0.25) is 0 Å². The van der Waals surface area contributed by atoms with Gasteiger partial charge in [-0.05, 0) is 12.1 Å². The third-order valence-electron chi connectivity index (χ3n) is 3.05. The van der Waals surface area contributed by atoms with Crippen molar-refractivity contribution in [1.29, 1.82) is 0 Å². The lowest BCUT2D eigenvalue weighted by atomic mass is 10.2. The van der Waals surface area contributed by atoms with E-state index >= 15 is 0 Å². The zero-order chi connectivity index (χ0) is 15.0. The lowest BCUT2D eigenvalue weighted by Gasteiger charge is -2.06. The maximum absolute atomic E-state index is 12.0. The van der Waals surface area contributed by atoms with Gasteiger partial charge in [0.15, 0.2) is 0 Å². The number of nitro groups is 1. The second-order valence-electron chi connectivity index (χ2n) is 4.44. The predicted octanol–water partition coefficient (Wildman–Crippen LogP) is 2.28. The van der Waals surface area contributed by atoms with Gasteiger partial charge in [0.1, 0.15) is 4.88 Å². The van der Waals surface area contributed by atoms with Gasteiger partial charge in [-0.2, -0.15) is 0 Å². The van der Waals surface area contributed by atoms with Crippen LogP contribution in [0.25, 0.3) is 10.1 Å². The number of carbonyl (C=O) groups excluding carboxylic acids is 2. The Balaban J connectivity index is 1.85. The van der Waals surface area contributed by atoms with Crippen molar-refractivity contribution in [2.75, 3.05) is 6.61 Å². The molecule has 1 aliphatic rings. The highest BCUT2D eigenvalue weighted by Gasteiger charge is 2.31. The highest BCUT2D eigenvalue weighted by atomic mass is 32.1. The number of thiophene rings is 1. The van der Waals surface area contributed by atoms with Crippen molar-refractivity contribution in [2.24, 2.45) is 0 Å². The minimum atomic E-state index is -0.864. The maximum atomic E-state index is 12.0.